The second-order valence-corrected chi connectivity index (χ2v) is 2.80. The molecule has 1 rings (SSSR count). The highest BCUT2D eigenvalue weighted by Gasteiger charge is 1.88. The normalized spacial score (nSPS) is 8.36. The third-order valence-electron chi connectivity index (χ3n) is 1.34. The third kappa shape index (κ3) is 3.81. The van der Waals surface area contributed by atoms with Gasteiger partial charge >= 0.3 is 0 Å². The summed E-state index contributed by atoms with van der Waals surface area (Å²) in [7, 11) is 0. The van der Waals surface area contributed by atoms with E-state index in [1.165, 1.54) is 0 Å². The van der Waals surface area contributed by atoms with Crippen LogP contribution in [0.3, 0.4) is 0 Å². The lowest BCUT2D eigenvalue weighted by atomic mass is 10.3. The first-order valence-corrected chi connectivity index (χ1v) is 4.32. The molecule has 0 saturated heterocycles. The maximum atomic E-state index is 8.00. The van der Waals surface area contributed by atoms with Crippen LogP contribution >= 0.6 is 11.6 Å². The molecule has 0 aliphatic heterocycles. The maximum absolute atomic E-state index is 8.00. The van der Waals surface area contributed by atoms with Crippen molar-refractivity contribution in [1.82, 2.24) is 4.98 Å². The Morgan fingerprint density at radius 1 is 1.64 bits per heavy atom. The van der Waals surface area contributed by atoms with Gasteiger partial charge in [0.15, 0.2) is 0 Å². The van der Waals surface area contributed by atoms with Crippen LogP contribution in [-0.4, -0.2) is 11.5 Å². The fourth-order valence-electron chi connectivity index (χ4n) is 0.777. The fraction of sp³-hybridized carbons (Fsp3) is 0.222. The summed E-state index contributed by atoms with van der Waals surface area (Å²) >= 11 is 5.73. The quantitative estimate of drug-likeness (QED) is 0.241. The second kappa shape index (κ2) is 5.87. The van der Waals surface area contributed by atoms with Gasteiger partial charge in [0, 0.05) is 29.1 Å². The maximum Gasteiger partial charge on any atom is 0.114 e. The van der Waals surface area contributed by atoms with Crippen molar-refractivity contribution in [3.8, 4) is 11.8 Å². The molecule has 0 radical (unpaired) electrons. The summed E-state index contributed by atoms with van der Waals surface area (Å²) in [5, 5.41) is 3.96. The highest BCUT2D eigenvalue weighted by Crippen LogP contribution is 2.06. The highest BCUT2D eigenvalue weighted by molar-refractivity contribution is 6.30. The Morgan fingerprint density at radius 3 is 3.21 bits per heavy atom. The van der Waals surface area contributed by atoms with Crippen molar-refractivity contribution >= 4 is 11.6 Å². The molecule has 0 bridgehead atoms. The molecule has 70 valence electrons. The second-order valence-electron chi connectivity index (χ2n) is 2.37. The third-order valence-corrected chi connectivity index (χ3v) is 1.57. The topological polar surface area (TPSA) is 61.7 Å². The lowest BCUT2D eigenvalue weighted by Gasteiger charge is -1.89. The predicted molar refractivity (Wildman–Crippen MR) is 54.8 cm³/mol. The molecular formula is C9H7ClN4. The van der Waals surface area contributed by atoms with Crippen LogP contribution in [0.4, 0.5) is 0 Å². The molecule has 0 atom stereocenters. The summed E-state index contributed by atoms with van der Waals surface area (Å²) in [6, 6.07) is 3.37. The molecule has 5 heteroatoms. The Bertz CT molecular complexity index is 412. The van der Waals surface area contributed by atoms with Gasteiger partial charge in [0.2, 0.25) is 0 Å². The summed E-state index contributed by atoms with van der Waals surface area (Å²) in [6.45, 7) is 0.379. The van der Waals surface area contributed by atoms with Crippen molar-refractivity contribution in [2.24, 2.45) is 5.11 Å². The summed E-state index contributed by atoms with van der Waals surface area (Å²) in [4.78, 5) is 6.61. The number of aromatic nitrogens is 1. The van der Waals surface area contributed by atoms with E-state index in [0.717, 1.165) is 0 Å². The summed E-state index contributed by atoms with van der Waals surface area (Å²) in [5.74, 6) is 5.64. The Kier molecular flexibility index (Phi) is 4.36. The van der Waals surface area contributed by atoms with E-state index in [1.807, 2.05) is 0 Å². The lowest BCUT2D eigenvalue weighted by Crippen LogP contribution is -1.80. The SMILES string of the molecule is [N-]=[N+]=NCCC#Cc1cc(Cl)ccn1. The highest BCUT2D eigenvalue weighted by atomic mass is 35.5. The molecule has 4 nitrogen and oxygen atoms in total. The monoisotopic (exact) mass is 206 g/mol. The molecule has 14 heavy (non-hydrogen) atoms. The van der Waals surface area contributed by atoms with Crippen LogP contribution in [0.2, 0.25) is 5.02 Å². The zero-order chi connectivity index (χ0) is 10.2. The minimum absolute atomic E-state index is 0.379. The van der Waals surface area contributed by atoms with Crippen LogP contribution in [-0.2, 0) is 0 Å². The van der Waals surface area contributed by atoms with Gasteiger partial charge < -0.3 is 0 Å². The van der Waals surface area contributed by atoms with E-state index < -0.39 is 0 Å². The van der Waals surface area contributed by atoms with E-state index in [4.69, 9.17) is 17.1 Å². The molecule has 1 aromatic rings. The van der Waals surface area contributed by atoms with Gasteiger partial charge in [0.05, 0.1) is 0 Å². The molecular weight excluding hydrogens is 200 g/mol. The number of halogens is 1. The van der Waals surface area contributed by atoms with Crippen LogP contribution in [0.25, 0.3) is 10.4 Å². The molecule has 1 heterocycles. The van der Waals surface area contributed by atoms with Gasteiger partial charge in [-0.3, -0.25) is 0 Å². The lowest BCUT2D eigenvalue weighted by molar-refractivity contribution is 1.01. The fourth-order valence-corrected chi connectivity index (χ4v) is 0.936. The Hall–Kier alpha value is -1.69. The number of nitrogens with zero attached hydrogens (tertiary/aromatic N) is 4. The molecule has 0 aliphatic carbocycles. The van der Waals surface area contributed by atoms with Crippen LogP contribution in [0, 0.1) is 11.8 Å². The number of rotatable bonds is 2. The van der Waals surface area contributed by atoms with Crippen LogP contribution < -0.4 is 0 Å². The minimum atomic E-state index is 0.379. The van der Waals surface area contributed by atoms with E-state index in [-0.39, 0.29) is 0 Å². The summed E-state index contributed by atoms with van der Waals surface area (Å²) < 4.78 is 0. The van der Waals surface area contributed by atoms with Crippen molar-refractivity contribution in [1.29, 1.82) is 0 Å². The van der Waals surface area contributed by atoms with Gasteiger partial charge in [-0.2, -0.15) is 0 Å². The molecule has 0 amide bonds. The molecule has 1 aromatic heterocycles. The largest absolute Gasteiger partial charge is 0.248 e. The zero-order valence-corrected chi connectivity index (χ0v) is 8.07. The summed E-state index contributed by atoms with van der Waals surface area (Å²) in [6.07, 6.45) is 2.12. The Morgan fingerprint density at radius 2 is 2.50 bits per heavy atom. The van der Waals surface area contributed by atoms with Gasteiger partial charge in [0.1, 0.15) is 5.69 Å². The van der Waals surface area contributed by atoms with Gasteiger partial charge in [-0.15, -0.1) is 0 Å². The number of pyridine rings is 1. The Balaban J connectivity index is 2.54. The van der Waals surface area contributed by atoms with E-state index in [2.05, 4.69) is 26.9 Å². The van der Waals surface area contributed by atoms with Gasteiger partial charge in [0.25, 0.3) is 0 Å². The van der Waals surface area contributed by atoms with E-state index in [9.17, 15) is 0 Å². The first kappa shape index (κ1) is 10.4. The van der Waals surface area contributed by atoms with Gasteiger partial charge in [-0.1, -0.05) is 22.6 Å². The smallest absolute Gasteiger partial charge is 0.114 e. The van der Waals surface area contributed by atoms with Gasteiger partial charge in [-0.25, -0.2) is 4.98 Å². The summed E-state index contributed by atoms with van der Waals surface area (Å²) in [5.41, 5.74) is 8.62. The van der Waals surface area contributed by atoms with Crippen LogP contribution in [0.1, 0.15) is 12.1 Å². The van der Waals surface area contributed by atoms with Crippen LogP contribution in [0.15, 0.2) is 23.4 Å². The van der Waals surface area contributed by atoms with Crippen molar-refractivity contribution < 1.29 is 0 Å². The van der Waals surface area contributed by atoms with E-state index in [0.29, 0.717) is 23.7 Å². The van der Waals surface area contributed by atoms with Gasteiger partial charge in [-0.05, 0) is 23.6 Å². The first-order chi connectivity index (χ1) is 6.83. The molecule has 0 aliphatic rings. The average Bonchev–Trinajstić information content (AvgIpc) is 2.18. The molecule has 0 unspecified atom stereocenters. The molecule has 0 aromatic carbocycles. The van der Waals surface area contributed by atoms with Crippen molar-refractivity contribution in [2.45, 2.75) is 6.42 Å². The molecule has 0 saturated carbocycles. The van der Waals surface area contributed by atoms with E-state index in [1.54, 1.807) is 18.3 Å². The molecule has 0 N–H and O–H groups in total. The standard InChI is InChI=1S/C9H7ClN4/c10-8-4-6-12-9(7-8)3-1-2-5-13-14-11/h4,6-7H,2,5H2. The van der Waals surface area contributed by atoms with Crippen molar-refractivity contribution in [2.75, 3.05) is 6.54 Å². The average molecular weight is 207 g/mol. The van der Waals surface area contributed by atoms with Crippen molar-refractivity contribution in [3.63, 3.8) is 0 Å². The molecule has 0 fully saturated rings. The Labute approximate surface area is 86.5 Å². The van der Waals surface area contributed by atoms with E-state index >= 15 is 0 Å². The van der Waals surface area contributed by atoms with Crippen LogP contribution in [0.5, 0.6) is 0 Å². The predicted octanol–water partition coefficient (Wildman–Crippen LogP) is 2.79. The first-order valence-electron chi connectivity index (χ1n) is 3.94. The van der Waals surface area contributed by atoms with Crippen molar-refractivity contribution in [3.05, 3.63) is 39.5 Å². The number of hydrogen-bond acceptors (Lipinski definition) is 2. The molecule has 0 spiro atoms. The number of hydrogen-bond donors (Lipinski definition) is 0. The number of azide groups is 1. The zero-order valence-electron chi connectivity index (χ0n) is 7.31. The minimum Gasteiger partial charge on any atom is -0.248 e.